The molecule has 2 aliphatic rings. The maximum absolute atomic E-state index is 5.11. The first-order valence-electron chi connectivity index (χ1n) is 13.7. The summed E-state index contributed by atoms with van der Waals surface area (Å²) in [6.07, 6.45) is 18.6. The molecule has 0 N–H and O–H groups in total. The van der Waals surface area contributed by atoms with Gasteiger partial charge in [-0.25, -0.2) is 0 Å². The van der Waals surface area contributed by atoms with Crippen molar-refractivity contribution in [3.63, 3.8) is 0 Å². The van der Waals surface area contributed by atoms with E-state index in [-0.39, 0.29) is 0 Å². The highest BCUT2D eigenvalue weighted by atomic mass is 15.3. The van der Waals surface area contributed by atoms with Crippen LogP contribution < -0.4 is 9.80 Å². The highest BCUT2D eigenvalue weighted by Crippen LogP contribution is 2.33. The van der Waals surface area contributed by atoms with E-state index in [1.165, 1.54) is 83.5 Å². The van der Waals surface area contributed by atoms with Crippen molar-refractivity contribution < 1.29 is 0 Å². The van der Waals surface area contributed by atoms with E-state index in [2.05, 4.69) is 46.5 Å². The molecule has 6 heteroatoms. The number of unbranched alkanes of at least 4 members (excludes halogenated alkanes) is 2. The van der Waals surface area contributed by atoms with Crippen molar-refractivity contribution in [2.24, 2.45) is 0 Å². The lowest BCUT2D eigenvalue weighted by Gasteiger charge is -2.27. The van der Waals surface area contributed by atoms with Gasteiger partial charge in [-0.05, 0) is 50.7 Å². The van der Waals surface area contributed by atoms with Crippen LogP contribution in [0.2, 0.25) is 0 Å². The van der Waals surface area contributed by atoms with Crippen LogP contribution in [0.25, 0.3) is 11.5 Å². The molecule has 0 bridgehead atoms. The predicted molar refractivity (Wildman–Crippen MR) is 138 cm³/mol. The SMILES string of the molecule is CCCCN(CCCC)c1nc(-c2cccn2C2CCCCC2)nc(N2CCCCCC2)n1. The lowest BCUT2D eigenvalue weighted by molar-refractivity contribution is 0.356. The number of hydrogen-bond donors (Lipinski definition) is 0. The zero-order valence-corrected chi connectivity index (χ0v) is 21.0. The molecule has 1 saturated carbocycles. The van der Waals surface area contributed by atoms with Crippen LogP contribution in [-0.2, 0) is 0 Å². The average molecular weight is 453 g/mol. The van der Waals surface area contributed by atoms with E-state index in [9.17, 15) is 0 Å². The van der Waals surface area contributed by atoms with Crippen molar-refractivity contribution in [3.8, 4) is 11.5 Å². The molecule has 4 rings (SSSR count). The van der Waals surface area contributed by atoms with Crippen molar-refractivity contribution in [3.05, 3.63) is 18.3 Å². The van der Waals surface area contributed by atoms with E-state index in [0.717, 1.165) is 49.6 Å². The molecule has 2 fully saturated rings. The van der Waals surface area contributed by atoms with Crippen molar-refractivity contribution in [1.29, 1.82) is 0 Å². The molecule has 3 heterocycles. The molecule has 0 aromatic carbocycles. The number of rotatable bonds is 10. The van der Waals surface area contributed by atoms with Gasteiger partial charge in [0.1, 0.15) is 0 Å². The van der Waals surface area contributed by atoms with Gasteiger partial charge >= 0.3 is 0 Å². The fraction of sp³-hybridized carbons (Fsp3) is 0.741. The fourth-order valence-corrected chi connectivity index (χ4v) is 5.29. The molecule has 0 spiro atoms. The third-order valence-electron chi connectivity index (χ3n) is 7.32. The smallest absolute Gasteiger partial charge is 0.230 e. The van der Waals surface area contributed by atoms with Crippen LogP contribution in [0.1, 0.15) is 103 Å². The number of hydrogen-bond acceptors (Lipinski definition) is 5. The maximum Gasteiger partial charge on any atom is 0.230 e. The Labute approximate surface area is 200 Å². The van der Waals surface area contributed by atoms with Crippen LogP contribution in [0.5, 0.6) is 0 Å². The maximum atomic E-state index is 5.11. The number of aromatic nitrogens is 4. The first-order valence-corrected chi connectivity index (χ1v) is 13.7. The van der Waals surface area contributed by atoms with E-state index in [1.807, 2.05) is 0 Å². The normalized spacial score (nSPS) is 17.8. The summed E-state index contributed by atoms with van der Waals surface area (Å²) in [5.41, 5.74) is 1.16. The van der Waals surface area contributed by atoms with Crippen LogP contribution >= 0.6 is 0 Å². The summed E-state index contributed by atoms with van der Waals surface area (Å²) < 4.78 is 2.45. The largest absolute Gasteiger partial charge is 0.342 e. The second-order valence-corrected chi connectivity index (χ2v) is 9.95. The molecule has 0 amide bonds. The topological polar surface area (TPSA) is 50.1 Å². The highest BCUT2D eigenvalue weighted by Gasteiger charge is 2.23. The van der Waals surface area contributed by atoms with Crippen LogP contribution in [0, 0.1) is 0 Å². The molecule has 2 aromatic rings. The van der Waals surface area contributed by atoms with E-state index in [1.54, 1.807) is 0 Å². The number of nitrogens with zero attached hydrogens (tertiary/aromatic N) is 6. The standard InChI is InChI=1S/C27H44N6/c1-3-5-18-31(19-6-4-2)26-28-25(29-27(30-26)32-20-12-7-8-13-21-32)24-17-14-22-33(24)23-15-10-9-11-16-23/h14,17,22-23H,3-13,15-16,18-21H2,1-2H3. The van der Waals surface area contributed by atoms with Gasteiger partial charge in [0, 0.05) is 38.4 Å². The second kappa shape index (κ2) is 12.4. The minimum atomic E-state index is 0.571. The van der Waals surface area contributed by atoms with Gasteiger partial charge < -0.3 is 14.4 Å². The molecule has 2 aromatic heterocycles. The molecule has 1 saturated heterocycles. The average Bonchev–Trinajstić information content (AvgIpc) is 3.19. The minimum absolute atomic E-state index is 0.571. The molecule has 33 heavy (non-hydrogen) atoms. The van der Waals surface area contributed by atoms with Crippen LogP contribution in [-0.4, -0.2) is 45.7 Å². The Balaban J connectivity index is 1.72. The van der Waals surface area contributed by atoms with Crippen LogP contribution in [0.4, 0.5) is 11.9 Å². The fourth-order valence-electron chi connectivity index (χ4n) is 5.29. The van der Waals surface area contributed by atoms with Crippen LogP contribution in [0.15, 0.2) is 18.3 Å². The van der Waals surface area contributed by atoms with Gasteiger partial charge in [-0.3, -0.25) is 0 Å². The van der Waals surface area contributed by atoms with E-state index in [4.69, 9.17) is 15.0 Å². The summed E-state index contributed by atoms with van der Waals surface area (Å²) in [5, 5.41) is 0. The molecule has 1 aliphatic carbocycles. The van der Waals surface area contributed by atoms with Crippen molar-refractivity contribution >= 4 is 11.9 Å². The summed E-state index contributed by atoms with van der Waals surface area (Å²) >= 11 is 0. The summed E-state index contributed by atoms with van der Waals surface area (Å²) in [4.78, 5) is 20.1. The summed E-state index contributed by atoms with van der Waals surface area (Å²) in [7, 11) is 0. The molecule has 0 atom stereocenters. The molecule has 0 radical (unpaired) electrons. The first kappa shape index (κ1) is 24.0. The van der Waals surface area contributed by atoms with Gasteiger partial charge in [0.15, 0.2) is 5.82 Å². The van der Waals surface area contributed by atoms with E-state index < -0.39 is 0 Å². The number of anilines is 2. The Morgan fingerprint density at radius 2 is 1.52 bits per heavy atom. The molecule has 1 aliphatic heterocycles. The second-order valence-electron chi connectivity index (χ2n) is 9.95. The Morgan fingerprint density at radius 1 is 0.848 bits per heavy atom. The predicted octanol–water partition coefficient (Wildman–Crippen LogP) is 6.63. The Kier molecular flexibility index (Phi) is 9.01. The molecule has 182 valence electrons. The zero-order chi connectivity index (χ0) is 22.9. The lowest BCUT2D eigenvalue weighted by atomic mass is 9.95. The molecular formula is C27H44N6. The van der Waals surface area contributed by atoms with Gasteiger partial charge in [-0.1, -0.05) is 58.8 Å². The van der Waals surface area contributed by atoms with Gasteiger partial charge in [-0.15, -0.1) is 0 Å². The zero-order valence-electron chi connectivity index (χ0n) is 21.0. The van der Waals surface area contributed by atoms with Crippen LogP contribution in [0.3, 0.4) is 0 Å². The van der Waals surface area contributed by atoms with E-state index in [0.29, 0.717) is 6.04 Å². The van der Waals surface area contributed by atoms with Gasteiger partial charge in [0.25, 0.3) is 0 Å². The Bertz CT molecular complexity index is 825. The third-order valence-corrected chi connectivity index (χ3v) is 7.32. The Hall–Kier alpha value is -2.11. The summed E-state index contributed by atoms with van der Waals surface area (Å²) in [6, 6.07) is 4.95. The summed E-state index contributed by atoms with van der Waals surface area (Å²) in [5.74, 6) is 2.61. The van der Waals surface area contributed by atoms with Crippen molar-refractivity contribution in [2.75, 3.05) is 36.0 Å². The van der Waals surface area contributed by atoms with Gasteiger partial charge in [0.2, 0.25) is 11.9 Å². The monoisotopic (exact) mass is 452 g/mol. The van der Waals surface area contributed by atoms with Crippen molar-refractivity contribution in [2.45, 2.75) is 103 Å². The highest BCUT2D eigenvalue weighted by molar-refractivity contribution is 5.56. The molecule has 0 unspecified atom stereocenters. The minimum Gasteiger partial charge on any atom is -0.342 e. The van der Waals surface area contributed by atoms with Crippen molar-refractivity contribution in [1.82, 2.24) is 19.5 Å². The molecule has 6 nitrogen and oxygen atoms in total. The summed E-state index contributed by atoms with van der Waals surface area (Å²) in [6.45, 7) is 8.66. The Morgan fingerprint density at radius 3 is 2.18 bits per heavy atom. The quantitative estimate of drug-likeness (QED) is 0.405. The van der Waals surface area contributed by atoms with E-state index >= 15 is 0 Å². The third kappa shape index (κ3) is 6.27. The van der Waals surface area contributed by atoms with Gasteiger partial charge in [-0.2, -0.15) is 15.0 Å². The molecular weight excluding hydrogens is 408 g/mol. The first-order chi connectivity index (χ1) is 16.3. The lowest BCUT2D eigenvalue weighted by Crippen LogP contribution is -2.31. The van der Waals surface area contributed by atoms with Gasteiger partial charge in [0.05, 0.1) is 5.69 Å².